The second-order valence-electron chi connectivity index (χ2n) is 4.15. The molecule has 21 heavy (non-hydrogen) atoms. The van der Waals surface area contributed by atoms with Crippen molar-refractivity contribution in [2.45, 2.75) is 0 Å². The van der Waals surface area contributed by atoms with Crippen LogP contribution in [0.2, 0.25) is 0 Å². The van der Waals surface area contributed by atoms with Crippen LogP contribution in [-0.4, -0.2) is 26.1 Å². The lowest BCUT2D eigenvalue weighted by Gasteiger charge is -2.01. The molecule has 0 spiro atoms. The summed E-state index contributed by atoms with van der Waals surface area (Å²) in [6.45, 7) is 0. The third kappa shape index (κ3) is 3.32. The Kier molecular flexibility index (Phi) is 4.44. The minimum Gasteiger partial charge on any atom is -0.497 e. The highest BCUT2D eigenvalue weighted by molar-refractivity contribution is 7.20. The molecule has 0 fully saturated rings. The molecular weight excluding hydrogens is 290 g/mol. The molecule has 0 aliphatic carbocycles. The van der Waals surface area contributed by atoms with Crippen molar-refractivity contribution in [3.8, 4) is 16.2 Å². The van der Waals surface area contributed by atoms with E-state index >= 15 is 0 Å². The Balaban J connectivity index is 2.41. The predicted molar refractivity (Wildman–Crippen MR) is 82.9 cm³/mol. The smallest absolute Gasteiger partial charge is 0.317 e. The van der Waals surface area contributed by atoms with Crippen LogP contribution >= 0.6 is 11.3 Å². The zero-order chi connectivity index (χ0) is 15.4. The number of rotatable bonds is 4. The van der Waals surface area contributed by atoms with Gasteiger partial charge in [0.2, 0.25) is 0 Å². The van der Waals surface area contributed by atoms with Gasteiger partial charge in [0.15, 0.2) is 0 Å². The molecule has 7 heteroatoms. The Bertz CT molecular complexity index is 665. The topological polar surface area (TPSA) is 93.4 Å². The molecule has 1 aromatic heterocycles. The molecule has 0 aliphatic rings. The summed E-state index contributed by atoms with van der Waals surface area (Å²) in [6.07, 6.45) is 0. The molecule has 1 heterocycles. The second-order valence-corrected chi connectivity index (χ2v) is 5.20. The highest BCUT2D eigenvalue weighted by Crippen LogP contribution is 2.36. The molecule has 2 rings (SSSR count). The summed E-state index contributed by atoms with van der Waals surface area (Å²) in [4.78, 5) is 23.7. The number of primary amides is 1. The zero-order valence-corrected chi connectivity index (χ0v) is 12.4. The number of urea groups is 1. The maximum Gasteiger partial charge on any atom is 0.317 e. The van der Waals surface area contributed by atoms with Crippen molar-refractivity contribution in [1.82, 2.24) is 5.32 Å². The number of benzene rings is 1. The highest BCUT2D eigenvalue weighted by Gasteiger charge is 2.17. The Labute approximate surface area is 125 Å². The largest absolute Gasteiger partial charge is 0.497 e. The second kappa shape index (κ2) is 6.27. The lowest BCUT2D eigenvalue weighted by Crippen LogP contribution is -2.22. The summed E-state index contributed by atoms with van der Waals surface area (Å²) in [5.41, 5.74) is 6.43. The monoisotopic (exact) mass is 305 g/mol. The van der Waals surface area contributed by atoms with Crippen LogP contribution in [0, 0.1) is 0 Å². The number of methoxy groups -OCH3 is 1. The van der Waals surface area contributed by atoms with E-state index in [1.165, 1.54) is 18.4 Å². The number of anilines is 1. The molecule has 0 bridgehead atoms. The lowest BCUT2D eigenvalue weighted by atomic mass is 10.1. The lowest BCUT2D eigenvalue weighted by molar-refractivity contribution is 0.0964. The minimum atomic E-state index is -0.705. The summed E-state index contributed by atoms with van der Waals surface area (Å²) >= 11 is 1.28. The summed E-state index contributed by atoms with van der Waals surface area (Å²) in [6, 6.07) is 8.43. The fourth-order valence-corrected chi connectivity index (χ4v) is 2.86. The maximum absolute atomic E-state index is 11.8. The first-order chi connectivity index (χ1) is 10.0. The van der Waals surface area contributed by atoms with E-state index in [0.717, 1.165) is 16.2 Å². The van der Waals surface area contributed by atoms with E-state index in [1.54, 1.807) is 13.2 Å². The zero-order valence-electron chi connectivity index (χ0n) is 11.6. The summed E-state index contributed by atoms with van der Waals surface area (Å²) in [7, 11) is 3.12. The minimum absolute atomic E-state index is 0.283. The Morgan fingerprint density at radius 3 is 2.43 bits per heavy atom. The third-order valence-electron chi connectivity index (χ3n) is 2.82. The van der Waals surface area contributed by atoms with Gasteiger partial charge in [-0.05, 0) is 35.9 Å². The fraction of sp³-hybridized carbons (Fsp3) is 0.143. The quantitative estimate of drug-likeness (QED) is 0.809. The summed E-state index contributed by atoms with van der Waals surface area (Å²) < 4.78 is 5.11. The first-order valence-electron chi connectivity index (χ1n) is 6.12. The number of amides is 3. The molecule has 0 saturated heterocycles. The van der Waals surface area contributed by atoms with Crippen molar-refractivity contribution in [1.29, 1.82) is 0 Å². The SMILES string of the molecule is CNC(=O)c1cc(-c2ccc(OC)cc2)sc1NC(N)=O. The van der Waals surface area contributed by atoms with Crippen molar-refractivity contribution >= 4 is 28.3 Å². The predicted octanol–water partition coefficient (Wildman–Crippen LogP) is 2.27. The molecule has 6 nitrogen and oxygen atoms in total. The first kappa shape index (κ1) is 14.9. The van der Waals surface area contributed by atoms with Crippen LogP contribution in [0.3, 0.4) is 0 Å². The Hall–Kier alpha value is -2.54. The van der Waals surface area contributed by atoms with Crippen molar-refractivity contribution in [3.63, 3.8) is 0 Å². The van der Waals surface area contributed by atoms with E-state index in [2.05, 4.69) is 10.6 Å². The van der Waals surface area contributed by atoms with Gasteiger partial charge in [-0.1, -0.05) is 0 Å². The van der Waals surface area contributed by atoms with Gasteiger partial charge < -0.3 is 15.8 Å². The van der Waals surface area contributed by atoms with Gasteiger partial charge in [0.1, 0.15) is 10.8 Å². The van der Waals surface area contributed by atoms with Gasteiger partial charge >= 0.3 is 6.03 Å². The number of carbonyl (C=O) groups excluding carboxylic acids is 2. The number of hydrogen-bond donors (Lipinski definition) is 3. The average molecular weight is 305 g/mol. The van der Waals surface area contributed by atoms with Crippen LogP contribution in [0.1, 0.15) is 10.4 Å². The van der Waals surface area contributed by atoms with E-state index in [1.807, 2.05) is 24.3 Å². The van der Waals surface area contributed by atoms with Gasteiger partial charge in [-0.2, -0.15) is 0 Å². The van der Waals surface area contributed by atoms with E-state index < -0.39 is 6.03 Å². The molecule has 1 aromatic carbocycles. The van der Waals surface area contributed by atoms with Crippen molar-refractivity contribution in [2.24, 2.45) is 5.73 Å². The number of nitrogens with one attached hydrogen (secondary N) is 2. The average Bonchev–Trinajstić information content (AvgIpc) is 2.89. The van der Waals surface area contributed by atoms with Crippen LogP contribution in [0.25, 0.3) is 10.4 Å². The Morgan fingerprint density at radius 1 is 1.24 bits per heavy atom. The molecular formula is C14H15N3O3S. The van der Waals surface area contributed by atoms with Crippen molar-refractivity contribution in [2.75, 3.05) is 19.5 Å². The molecule has 0 radical (unpaired) electrons. The highest BCUT2D eigenvalue weighted by atomic mass is 32.1. The molecule has 110 valence electrons. The Morgan fingerprint density at radius 2 is 1.90 bits per heavy atom. The van der Waals surface area contributed by atoms with Gasteiger partial charge in [-0.15, -0.1) is 11.3 Å². The van der Waals surface area contributed by atoms with E-state index in [-0.39, 0.29) is 5.91 Å². The van der Waals surface area contributed by atoms with Crippen molar-refractivity contribution in [3.05, 3.63) is 35.9 Å². The van der Waals surface area contributed by atoms with Crippen LogP contribution in [0.4, 0.5) is 9.80 Å². The molecule has 0 atom stereocenters. The molecule has 0 aliphatic heterocycles. The molecule has 2 aromatic rings. The number of ether oxygens (including phenoxy) is 1. The molecule has 3 amide bonds. The standard InChI is InChI=1S/C14H15N3O3S/c1-16-12(18)10-7-11(21-13(10)17-14(15)19)8-3-5-9(20-2)6-4-8/h3-7H,1-2H3,(H,16,18)(H3,15,17,19). The van der Waals surface area contributed by atoms with Gasteiger partial charge in [-0.25, -0.2) is 4.79 Å². The fourth-order valence-electron chi connectivity index (χ4n) is 1.80. The van der Waals surface area contributed by atoms with E-state index in [9.17, 15) is 9.59 Å². The molecule has 4 N–H and O–H groups in total. The van der Waals surface area contributed by atoms with Crippen molar-refractivity contribution < 1.29 is 14.3 Å². The van der Waals surface area contributed by atoms with Gasteiger partial charge in [0.05, 0.1) is 12.7 Å². The number of nitrogens with two attached hydrogens (primary N) is 1. The van der Waals surface area contributed by atoms with Crippen LogP contribution < -0.4 is 21.1 Å². The van der Waals surface area contributed by atoms with E-state index in [4.69, 9.17) is 10.5 Å². The van der Waals surface area contributed by atoms with Crippen LogP contribution in [0.5, 0.6) is 5.75 Å². The van der Waals surface area contributed by atoms with E-state index in [0.29, 0.717) is 10.6 Å². The maximum atomic E-state index is 11.8. The molecule has 0 saturated carbocycles. The van der Waals surface area contributed by atoms with Gasteiger partial charge in [0, 0.05) is 11.9 Å². The van der Waals surface area contributed by atoms with Crippen LogP contribution in [0.15, 0.2) is 30.3 Å². The summed E-state index contributed by atoms with van der Waals surface area (Å²) in [5.74, 6) is 0.465. The number of thiophene rings is 1. The third-order valence-corrected chi connectivity index (χ3v) is 3.91. The number of hydrogen-bond acceptors (Lipinski definition) is 4. The number of carbonyl (C=O) groups is 2. The molecule has 0 unspecified atom stereocenters. The van der Waals surface area contributed by atoms with Gasteiger partial charge in [0.25, 0.3) is 5.91 Å². The summed E-state index contributed by atoms with van der Waals surface area (Å²) in [5, 5.41) is 5.43. The van der Waals surface area contributed by atoms with Gasteiger partial charge in [-0.3, -0.25) is 10.1 Å². The van der Waals surface area contributed by atoms with Crippen LogP contribution in [-0.2, 0) is 0 Å². The first-order valence-corrected chi connectivity index (χ1v) is 6.93. The normalized spacial score (nSPS) is 10.0.